The van der Waals surface area contributed by atoms with Crippen molar-refractivity contribution in [1.82, 2.24) is 0 Å². The maximum atomic E-state index is 5.69. The Morgan fingerprint density at radius 1 is 0.895 bits per heavy atom. The van der Waals surface area contributed by atoms with Crippen LogP contribution < -0.4 is 4.74 Å². The first-order chi connectivity index (χ1) is 9.24. The Morgan fingerprint density at radius 3 is 2.32 bits per heavy atom. The molecule has 2 aromatic rings. The molecule has 0 aromatic heterocycles. The molecule has 0 spiro atoms. The summed E-state index contributed by atoms with van der Waals surface area (Å²) >= 11 is 0. The van der Waals surface area contributed by atoms with Gasteiger partial charge in [0, 0.05) is 11.1 Å². The SMILES string of the molecule is CC(C)COc1cccc(C#Cc2ccccc2)c1. The average molecular weight is 250 g/mol. The van der Waals surface area contributed by atoms with Crippen LogP contribution in [0.1, 0.15) is 25.0 Å². The van der Waals surface area contributed by atoms with Gasteiger partial charge in [0.2, 0.25) is 0 Å². The lowest BCUT2D eigenvalue weighted by molar-refractivity contribution is 0.271. The molecule has 96 valence electrons. The van der Waals surface area contributed by atoms with Gasteiger partial charge in [0.1, 0.15) is 5.75 Å². The summed E-state index contributed by atoms with van der Waals surface area (Å²) in [5.41, 5.74) is 2.00. The quantitative estimate of drug-likeness (QED) is 0.744. The maximum absolute atomic E-state index is 5.69. The molecule has 1 heteroatoms. The van der Waals surface area contributed by atoms with Crippen LogP contribution in [-0.2, 0) is 0 Å². The molecule has 0 radical (unpaired) electrons. The van der Waals surface area contributed by atoms with Crippen LogP contribution in [-0.4, -0.2) is 6.61 Å². The van der Waals surface area contributed by atoms with Crippen molar-refractivity contribution < 1.29 is 4.74 Å². The highest BCUT2D eigenvalue weighted by molar-refractivity contribution is 5.45. The zero-order valence-corrected chi connectivity index (χ0v) is 11.4. The lowest BCUT2D eigenvalue weighted by atomic mass is 10.2. The smallest absolute Gasteiger partial charge is 0.120 e. The largest absolute Gasteiger partial charge is 0.493 e. The molecule has 2 aromatic carbocycles. The van der Waals surface area contributed by atoms with Crippen molar-refractivity contribution in [3.63, 3.8) is 0 Å². The molecule has 0 aliphatic heterocycles. The molecule has 0 N–H and O–H groups in total. The van der Waals surface area contributed by atoms with E-state index >= 15 is 0 Å². The third-order valence-corrected chi connectivity index (χ3v) is 2.54. The monoisotopic (exact) mass is 250 g/mol. The maximum Gasteiger partial charge on any atom is 0.120 e. The fraction of sp³-hybridized carbons (Fsp3) is 0.222. The Hall–Kier alpha value is -2.20. The summed E-state index contributed by atoms with van der Waals surface area (Å²) < 4.78 is 5.69. The molecule has 0 saturated carbocycles. The second-order valence-corrected chi connectivity index (χ2v) is 4.85. The van der Waals surface area contributed by atoms with Crippen LogP contribution in [0, 0.1) is 17.8 Å². The highest BCUT2D eigenvalue weighted by Crippen LogP contribution is 2.13. The zero-order chi connectivity index (χ0) is 13.5. The van der Waals surface area contributed by atoms with E-state index in [1.165, 1.54) is 0 Å². The van der Waals surface area contributed by atoms with Crippen LogP contribution in [0.25, 0.3) is 0 Å². The number of hydrogen-bond donors (Lipinski definition) is 0. The van der Waals surface area contributed by atoms with E-state index in [-0.39, 0.29) is 0 Å². The van der Waals surface area contributed by atoms with Crippen LogP contribution in [0.2, 0.25) is 0 Å². The first-order valence-corrected chi connectivity index (χ1v) is 6.54. The average Bonchev–Trinajstić information content (AvgIpc) is 2.44. The molecule has 0 fully saturated rings. The van der Waals surface area contributed by atoms with Gasteiger partial charge >= 0.3 is 0 Å². The van der Waals surface area contributed by atoms with Gasteiger partial charge in [-0.3, -0.25) is 0 Å². The summed E-state index contributed by atoms with van der Waals surface area (Å²) in [5, 5.41) is 0. The van der Waals surface area contributed by atoms with E-state index in [2.05, 4.69) is 25.7 Å². The molecule has 19 heavy (non-hydrogen) atoms. The van der Waals surface area contributed by atoms with Crippen molar-refractivity contribution in [3.05, 3.63) is 65.7 Å². The molecule has 2 rings (SSSR count). The van der Waals surface area contributed by atoms with Gasteiger partial charge in [-0.15, -0.1) is 0 Å². The van der Waals surface area contributed by atoms with E-state index in [0.717, 1.165) is 23.5 Å². The second kappa shape index (κ2) is 6.66. The van der Waals surface area contributed by atoms with Crippen LogP contribution >= 0.6 is 0 Å². The summed E-state index contributed by atoms with van der Waals surface area (Å²) in [7, 11) is 0. The van der Waals surface area contributed by atoms with Crippen LogP contribution in [0.15, 0.2) is 54.6 Å². The Labute approximate surface area is 115 Å². The van der Waals surface area contributed by atoms with Crippen molar-refractivity contribution in [2.75, 3.05) is 6.61 Å². The number of hydrogen-bond acceptors (Lipinski definition) is 1. The number of benzene rings is 2. The molecule has 0 saturated heterocycles. The first kappa shape index (κ1) is 13.2. The second-order valence-electron chi connectivity index (χ2n) is 4.85. The van der Waals surface area contributed by atoms with Gasteiger partial charge in [-0.05, 0) is 36.2 Å². The van der Waals surface area contributed by atoms with Gasteiger partial charge in [-0.25, -0.2) is 0 Å². The minimum Gasteiger partial charge on any atom is -0.493 e. The predicted molar refractivity (Wildman–Crippen MR) is 79.2 cm³/mol. The molecular formula is C18H18O. The van der Waals surface area contributed by atoms with Crippen LogP contribution in [0.3, 0.4) is 0 Å². The molecule has 0 heterocycles. The fourth-order valence-corrected chi connectivity index (χ4v) is 1.59. The third-order valence-electron chi connectivity index (χ3n) is 2.54. The Kier molecular flexibility index (Phi) is 4.64. The Balaban J connectivity index is 2.09. The highest BCUT2D eigenvalue weighted by Gasteiger charge is 1.97. The number of ether oxygens (including phenoxy) is 1. The fourth-order valence-electron chi connectivity index (χ4n) is 1.59. The topological polar surface area (TPSA) is 9.23 Å². The molecule has 0 bridgehead atoms. The summed E-state index contributed by atoms with van der Waals surface area (Å²) in [6.45, 7) is 5.01. The Morgan fingerprint density at radius 2 is 1.58 bits per heavy atom. The van der Waals surface area contributed by atoms with Crippen molar-refractivity contribution in [2.24, 2.45) is 5.92 Å². The van der Waals surface area contributed by atoms with Crippen molar-refractivity contribution >= 4 is 0 Å². The van der Waals surface area contributed by atoms with Crippen molar-refractivity contribution in [2.45, 2.75) is 13.8 Å². The molecule has 0 aliphatic carbocycles. The lowest BCUT2D eigenvalue weighted by Crippen LogP contribution is -2.04. The van der Waals surface area contributed by atoms with E-state index in [9.17, 15) is 0 Å². The van der Waals surface area contributed by atoms with Gasteiger partial charge in [-0.1, -0.05) is 50.0 Å². The van der Waals surface area contributed by atoms with Gasteiger partial charge in [-0.2, -0.15) is 0 Å². The van der Waals surface area contributed by atoms with E-state index in [1.54, 1.807) is 0 Å². The minimum atomic E-state index is 0.527. The van der Waals surface area contributed by atoms with Gasteiger partial charge in [0.05, 0.1) is 6.61 Å². The van der Waals surface area contributed by atoms with Crippen molar-refractivity contribution in [3.8, 4) is 17.6 Å². The standard InChI is InChI=1S/C18H18O/c1-15(2)14-19-18-10-6-9-17(13-18)12-11-16-7-4-3-5-8-16/h3-10,13,15H,14H2,1-2H3. The van der Waals surface area contributed by atoms with E-state index in [0.29, 0.717) is 5.92 Å². The normalized spacial score (nSPS) is 9.84. The molecule has 0 atom stereocenters. The molecule has 0 aliphatic rings. The van der Waals surface area contributed by atoms with Gasteiger partial charge in [0.15, 0.2) is 0 Å². The predicted octanol–water partition coefficient (Wildman–Crippen LogP) is 4.12. The summed E-state index contributed by atoms with van der Waals surface area (Å²) in [4.78, 5) is 0. The molecule has 0 unspecified atom stereocenters. The molecule has 0 amide bonds. The minimum absolute atomic E-state index is 0.527. The molecule has 1 nitrogen and oxygen atoms in total. The van der Waals surface area contributed by atoms with Gasteiger partial charge < -0.3 is 4.74 Å². The summed E-state index contributed by atoms with van der Waals surface area (Å²) in [6, 6.07) is 17.9. The van der Waals surface area contributed by atoms with Crippen LogP contribution in [0.4, 0.5) is 0 Å². The van der Waals surface area contributed by atoms with E-state index in [4.69, 9.17) is 4.74 Å². The van der Waals surface area contributed by atoms with Gasteiger partial charge in [0.25, 0.3) is 0 Å². The molecular weight excluding hydrogens is 232 g/mol. The Bertz CT molecular complexity index is 573. The lowest BCUT2D eigenvalue weighted by Gasteiger charge is -2.08. The third kappa shape index (κ3) is 4.52. The van der Waals surface area contributed by atoms with Crippen LogP contribution in [0.5, 0.6) is 5.75 Å². The first-order valence-electron chi connectivity index (χ1n) is 6.54. The zero-order valence-electron chi connectivity index (χ0n) is 11.4. The van der Waals surface area contributed by atoms with E-state index in [1.807, 2.05) is 54.6 Å². The summed E-state index contributed by atoms with van der Waals surface area (Å²) in [5.74, 6) is 7.72. The summed E-state index contributed by atoms with van der Waals surface area (Å²) in [6.07, 6.45) is 0. The van der Waals surface area contributed by atoms with Crippen molar-refractivity contribution in [1.29, 1.82) is 0 Å². The van der Waals surface area contributed by atoms with E-state index < -0.39 is 0 Å². The number of rotatable bonds is 3. The highest BCUT2D eigenvalue weighted by atomic mass is 16.5.